The van der Waals surface area contributed by atoms with Gasteiger partial charge in [0.15, 0.2) is 17.5 Å². The van der Waals surface area contributed by atoms with Crippen molar-refractivity contribution in [3.05, 3.63) is 53.6 Å². The van der Waals surface area contributed by atoms with Gasteiger partial charge in [0.1, 0.15) is 5.82 Å². The average Bonchev–Trinajstić information content (AvgIpc) is 2.71. The maximum Gasteiger partial charge on any atom is 0.411 e. The number of halogens is 4. The molecular formula is C20H18F4N2O4. The summed E-state index contributed by atoms with van der Waals surface area (Å²) in [5.74, 6) is -5.29. The van der Waals surface area contributed by atoms with Gasteiger partial charge in [-0.25, -0.2) is 27.2 Å². The highest BCUT2D eigenvalue weighted by Gasteiger charge is 2.23. The number of hydrogen-bond donors (Lipinski definition) is 2. The summed E-state index contributed by atoms with van der Waals surface area (Å²) in [6, 6.07) is 4.57. The van der Waals surface area contributed by atoms with Crippen molar-refractivity contribution < 1.29 is 37.0 Å². The van der Waals surface area contributed by atoms with E-state index in [1.165, 1.54) is 11.0 Å². The van der Waals surface area contributed by atoms with Crippen molar-refractivity contribution in [3.63, 3.8) is 0 Å². The number of carboxylic acid groups (broad SMARTS) is 1. The van der Waals surface area contributed by atoms with Crippen LogP contribution in [-0.2, 0) is 4.74 Å². The van der Waals surface area contributed by atoms with E-state index in [0.29, 0.717) is 38.1 Å². The molecule has 6 nitrogen and oxygen atoms in total. The van der Waals surface area contributed by atoms with Crippen LogP contribution >= 0.6 is 0 Å². The number of carbonyl (C=O) groups is 2. The van der Waals surface area contributed by atoms with Gasteiger partial charge in [0, 0.05) is 18.7 Å². The number of likely N-dealkylation sites (tertiary alicyclic amines) is 1. The maximum atomic E-state index is 13.7. The first-order chi connectivity index (χ1) is 14.2. The number of carbonyl (C=O) groups excluding carboxylic acids is 1. The molecule has 0 spiro atoms. The van der Waals surface area contributed by atoms with E-state index in [-0.39, 0.29) is 29.3 Å². The molecule has 1 heterocycles. The number of hydrogen-bond acceptors (Lipinski definition) is 3. The number of ether oxygens (including phenoxy) is 1. The Morgan fingerprint density at radius 1 is 1.07 bits per heavy atom. The first-order valence-electron chi connectivity index (χ1n) is 9.10. The van der Waals surface area contributed by atoms with E-state index in [4.69, 9.17) is 9.84 Å². The number of anilines is 1. The molecule has 3 rings (SSSR count). The van der Waals surface area contributed by atoms with Crippen LogP contribution in [0.15, 0.2) is 30.3 Å². The van der Waals surface area contributed by atoms with Gasteiger partial charge in [-0.1, -0.05) is 0 Å². The van der Waals surface area contributed by atoms with Crippen molar-refractivity contribution in [1.82, 2.24) is 4.90 Å². The average molecular weight is 426 g/mol. The minimum atomic E-state index is -1.65. The second-order valence-electron chi connectivity index (χ2n) is 6.88. The summed E-state index contributed by atoms with van der Waals surface area (Å²) < 4.78 is 59.2. The van der Waals surface area contributed by atoms with Crippen LogP contribution < -0.4 is 5.32 Å². The Balaban J connectivity index is 1.67. The van der Waals surface area contributed by atoms with Gasteiger partial charge < -0.3 is 14.7 Å². The molecule has 2 N–H and O–H groups in total. The summed E-state index contributed by atoms with van der Waals surface area (Å²) in [6.07, 6.45) is -0.790. The molecule has 160 valence electrons. The van der Waals surface area contributed by atoms with Gasteiger partial charge in [-0.05, 0) is 54.7 Å². The Bertz CT molecular complexity index is 939. The van der Waals surface area contributed by atoms with Crippen LogP contribution in [-0.4, -0.2) is 41.9 Å². The molecule has 1 saturated heterocycles. The monoisotopic (exact) mass is 426 g/mol. The highest BCUT2D eigenvalue weighted by atomic mass is 19.2. The number of nitrogens with zero attached hydrogens (tertiary/aromatic N) is 1. The van der Waals surface area contributed by atoms with E-state index >= 15 is 0 Å². The summed E-state index contributed by atoms with van der Waals surface area (Å²) >= 11 is 0. The molecule has 2 aromatic carbocycles. The van der Waals surface area contributed by atoms with Gasteiger partial charge in [0.2, 0.25) is 0 Å². The third kappa shape index (κ3) is 5.00. The molecule has 0 saturated carbocycles. The summed E-state index contributed by atoms with van der Waals surface area (Å²) in [7, 11) is 0. The second-order valence-corrected chi connectivity index (χ2v) is 6.88. The van der Waals surface area contributed by atoms with E-state index in [0.717, 1.165) is 12.1 Å². The van der Waals surface area contributed by atoms with Crippen molar-refractivity contribution in [3.8, 4) is 11.1 Å². The first kappa shape index (κ1) is 21.4. The quantitative estimate of drug-likeness (QED) is 0.541. The number of nitrogens with one attached hydrogen (secondary N) is 1. The lowest BCUT2D eigenvalue weighted by molar-refractivity contribution is 0.0948. The zero-order valence-electron chi connectivity index (χ0n) is 15.6. The van der Waals surface area contributed by atoms with E-state index in [2.05, 4.69) is 5.32 Å². The summed E-state index contributed by atoms with van der Waals surface area (Å²) in [5, 5.41) is 11.3. The molecule has 1 aliphatic rings. The van der Waals surface area contributed by atoms with E-state index in [1.807, 2.05) is 0 Å². The van der Waals surface area contributed by atoms with Gasteiger partial charge in [-0.15, -0.1) is 0 Å². The first-order valence-corrected chi connectivity index (χ1v) is 9.10. The minimum absolute atomic E-state index is 0.0145. The second kappa shape index (κ2) is 9.02. The van der Waals surface area contributed by atoms with Crippen LogP contribution in [0.1, 0.15) is 12.8 Å². The molecule has 2 amide bonds. The maximum absolute atomic E-state index is 13.7. The molecule has 0 bridgehead atoms. The van der Waals surface area contributed by atoms with Gasteiger partial charge >= 0.3 is 12.2 Å². The highest BCUT2D eigenvalue weighted by molar-refractivity contribution is 5.91. The summed E-state index contributed by atoms with van der Waals surface area (Å²) in [4.78, 5) is 24.3. The zero-order valence-corrected chi connectivity index (χ0v) is 15.6. The van der Waals surface area contributed by atoms with Crippen LogP contribution in [0.3, 0.4) is 0 Å². The summed E-state index contributed by atoms with van der Waals surface area (Å²) in [5.41, 5.74) is -0.200. The van der Waals surface area contributed by atoms with Crippen LogP contribution in [0.2, 0.25) is 0 Å². The Labute approximate surface area is 169 Å². The van der Waals surface area contributed by atoms with Crippen LogP contribution in [0, 0.1) is 29.2 Å². The number of rotatable bonds is 4. The van der Waals surface area contributed by atoms with Crippen molar-refractivity contribution in [2.24, 2.45) is 5.92 Å². The molecule has 2 aromatic rings. The molecular weight excluding hydrogens is 408 g/mol. The lowest BCUT2D eigenvalue weighted by Gasteiger charge is -2.29. The molecule has 0 atom stereocenters. The van der Waals surface area contributed by atoms with Crippen molar-refractivity contribution in [2.45, 2.75) is 12.8 Å². The molecule has 30 heavy (non-hydrogen) atoms. The van der Waals surface area contributed by atoms with Gasteiger partial charge in [0.05, 0.1) is 12.3 Å². The smallest absolute Gasteiger partial charge is 0.411 e. The third-order valence-corrected chi connectivity index (χ3v) is 4.85. The van der Waals surface area contributed by atoms with Gasteiger partial charge in [-0.2, -0.15) is 0 Å². The molecule has 1 fully saturated rings. The van der Waals surface area contributed by atoms with E-state index in [1.54, 1.807) is 0 Å². The van der Waals surface area contributed by atoms with Crippen molar-refractivity contribution >= 4 is 17.9 Å². The minimum Gasteiger partial charge on any atom is -0.465 e. The lowest BCUT2D eigenvalue weighted by Crippen LogP contribution is -2.38. The molecule has 0 aromatic heterocycles. The van der Waals surface area contributed by atoms with Crippen LogP contribution in [0.25, 0.3) is 11.1 Å². The van der Waals surface area contributed by atoms with Gasteiger partial charge in [-0.3, -0.25) is 5.32 Å². The SMILES string of the molecule is O=C(Nc1ccc(F)cc1-c1cc(F)c(F)c(F)c1)OCC1CCN(C(=O)O)CC1. The molecule has 0 unspecified atom stereocenters. The summed E-state index contributed by atoms with van der Waals surface area (Å²) in [6.45, 7) is 0.735. The standard InChI is InChI=1S/C20H18F4N2O4/c21-13-1-2-17(14(9-13)12-7-15(22)18(24)16(23)8-12)25-19(27)30-10-11-3-5-26(6-4-11)20(28)29/h1-2,7-9,11H,3-6,10H2,(H,25,27)(H,28,29). The zero-order chi connectivity index (χ0) is 21.8. The Hall–Kier alpha value is -3.30. The third-order valence-electron chi connectivity index (χ3n) is 4.85. The van der Waals surface area contributed by atoms with Crippen molar-refractivity contribution in [1.29, 1.82) is 0 Å². The van der Waals surface area contributed by atoms with Crippen LogP contribution in [0.5, 0.6) is 0 Å². The fourth-order valence-corrected chi connectivity index (χ4v) is 3.21. The number of piperidine rings is 1. The van der Waals surface area contributed by atoms with E-state index in [9.17, 15) is 27.2 Å². The number of amides is 2. The van der Waals surface area contributed by atoms with Gasteiger partial charge in [0.25, 0.3) is 0 Å². The predicted octanol–water partition coefficient (Wildman–Crippen LogP) is 4.85. The number of benzene rings is 2. The molecule has 0 aliphatic carbocycles. The fraction of sp³-hybridized carbons (Fsp3) is 0.300. The Morgan fingerprint density at radius 3 is 2.30 bits per heavy atom. The van der Waals surface area contributed by atoms with Crippen molar-refractivity contribution in [2.75, 3.05) is 25.0 Å². The molecule has 10 heteroatoms. The lowest BCUT2D eigenvalue weighted by atomic mass is 9.98. The molecule has 0 radical (unpaired) electrons. The largest absolute Gasteiger partial charge is 0.465 e. The van der Waals surface area contributed by atoms with E-state index < -0.39 is 35.5 Å². The highest BCUT2D eigenvalue weighted by Crippen LogP contribution is 2.31. The normalized spacial score (nSPS) is 14.5. The Kier molecular flexibility index (Phi) is 6.43. The topological polar surface area (TPSA) is 78.9 Å². The fourth-order valence-electron chi connectivity index (χ4n) is 3.21. The Morgan fingerprint density at radius 2 is 1.70 bits per heavy atom. The van der Waals surface area contributed by atoms with Crippen LogP contribution in [0.4, 0.5) is 32.8 Å². The molecule has 1 aliphatic heterocycles. The predicted molar refractivity (Wildman–Crippen MR) is 99.0 cm³/mol.